The highest BCUT2D eigenvalue weighted by atomic mass is 16.6. The number of carbonyl (C=O) groups is 1. The lowest BCUT2D eigenvalue weighted by molar-refractivity contribution is 0.0453. The maximum atomic E-state index is 10.5. The number of aromatic amines is 1. The third-order valence-corrected chi connectivity index (χ3v) is 1.55. The lowest BCUT2D eigenvalue weighted by Crippen LogP contribution is -2.33. The molecular formula is C8H13N3O2. The van der Waals surface area contributed by atoms with E-state index in [9.17, 15) is 4.79 Å². The van der Waals surface area contributed by atoms with Crippen molar-refractivity contribution >= 4 is 6.09 Å². The van der Waals surface area contributed by atoms with Crippen LogP contribution in [0.5, 0.6) is 0 Å². The van der Waals surface area contributed by atoms with Gasteiger partial charge in [0.15, 0.2) is 0 Å². The van der Waals surface area contributed by atoms with E-state index in [-0.39, 0.29) is 0 Å². The number of nitrogens with two attached hydrogens (primary N) is 1. The van der Waals surface area contributed by atoms with Gasteiger partial charge in [0.1, 0.15) is 5.60 Å². The summed E-state index contributed by atoms with van der Waals surface area (Å²) in [5.74, 6) is 0. The van der Waals surface area contributed by atoms with Gasteiger partial charge in [-0.25, -0.2) is 4.79 Å². The van der Waals surface area contributed by atoms with Gasteiger partial charge < -0.3 is 10.5 Å². The molecule has 0 aliphatic heterocycles. The van der Waals surface area contributed by atoms with Crippen LogP contribution in [0.3, 0.4) is 0 Å². The van der Waals surface area contributed by atoms with Gasteiger partial charge >= 0.3 is 6.09 Å². The van der Waals surface area contributed by atoms with Crippen LogP contribution < -0.4 is 5.73 Å². The van der Waals surface area contributed by atoms with Crippen LogP contribution in [0.15, 0.2) is 12.3 Å². The molecule has 1 heterocycles. The average molecular weight is 183 g/mol. The Morgan fingerprint density at radius 3 is 2.92 bits per heavy atom. The van der Waals surface area contributed by atoms with Crippen LogP contribution >= 0.6 is 0 Å². The zero-order valence-electron chi connectivity index (χ0n) is 7.70. The van der Waals surface area contributed by atoms with E-state index in [0.717, 1.165) is 5.69 Å². The predicted octanol–water partition coefficient (Wildman–Crippen LogP) is 0.826. The van der Waals surface area contributed by atoms with Crippen molar-refractivity contribution in [2.45, 2.75) is 25.9 Å². The normalized spacial score (nSPS) is 11.2. The number of primary amides is 1. The molecule has 1 aromatic heterocycles. The first-order chi connectivity index (χ1) is 5.99. The molecule has 0 aliphatic rings. The topological polar surface area (TPSA) is 81.0 Å². The number of aromatic nitrogens is 2. The molecule has 72 valence electrons. The van der Waals surface area contributed by atoms with Crippen molar-refractivity contribution in [1.82, 2.24) is 10.2 Å². The number of hydrogen-bond donors (Lipinski definition) is 2. The summed E-state index contributed by atoms with van der Waals surface area (Å²) in [6, 6.07) is 1.83. The summed E-state index contributed by atoms with van der Waals surface area (Å²) >= 11 is 0. The second-order valence-electron chi connectivity index (χ2n) is 3.44. The van der Waals surface area contributed by atoms with E-state index in [4.69, 9.17) is 10.5 Å². The Hall–Kier alpha value is -1.52. The molecule has 1 aromatic rings. The molecule has 5 heteroatoms. The fraction of sp³-hybridized carbons (Fsp3) is 0.500. The molecule has 0 fully saturated rings. The predicted molar refractivity (Wildman–Crippen MR) is 47.0 cm³/mol. The highest BCUT2D eigenvalue weighted by molar-refractivity contribution is 5.65. The summed E-state index contributed by atoms with van der Waals surface area (Å²) in [5, 5.41) is 6.57. The first-order valence-electron chi connectivity index (χ1n) is 3.96. The number of nitrogens with one attached hydrogen (secondary N) is 1. The summed E-state index contributed by atoms with van der Waals surface area (Å²) in [7, 11) is 0. The van der Waals surface area contributed by atoms with Crippen LogP contribution in [0.25, 0.3) is 0 Å². The van der Waals surface area contributed by atoms with Crippen LogP contribution in [0.4, 0.5) is 4.79 Å². The number of rotatable bonds is 3. The van der Waals surface area contributed by atoms with Crippen molar-refractivity contribution in [3.05, 3.63) is 18.0 Å². The Balaban J connectivity index is 2.56. The van der Waals surface area contributed by atoms with Gasteiger partial charge in [-0.2, -0.15) is 5.10 Å². The molecule has 0 spiro atoms. The molecule has 0 saturated carbocycles. The van der Waals surface area contributed by atoms with Crippen molar-refractivity contribution in [2.24, 2.45) is 5.73 Å². The monoisotopic (exact) mass is 183 g/mol. The van der Waals surface area contributed by atoms with Gasteiger partial charge in [0.05, 0.1) is 0 Å². The first-order valence-corrected chi connectivity index (χ1v) is 3.96. The van der Waals surface area contributed by atoms with Crippen molar-refractivity contribution in [2.75, 3.05) is 0 Å². The minimum Gasteiger partial charge on any atom is -0.443 e. The van der Waals surface area contributed by atoms with Gasteiger partial charge in [-0.05, 0) is 19.9 Å². The van der Waals surface area contributed by atoms with Gasteiger partial charge in [0.2, 0.25) is 0 Å². The zero-order valence-corrected chi connectivity index (χ0v) is 7.70. The first kappa shape index (κ1) is 9.57. The van der Waals surface area contributed by atoms with Gasteiger partial charge in [0.25, 0.3) is 0 Å². The molecular weight excluding hydrogens is 170 g/mol. The molecule has 0 aliphatic carbocycles. The summed E-state index contributed by atoms with van der Waals surface area (Å²) in [5.41, 5.74) is 5.23. The molecule has 0 atom stereocenters. The van der Waals surface area contributed by atoms with Crippen molar-refractivity contribution < 1.29 is 9.53 Å². The molecule has 0 aromatic carbocycles. The van der Waals surface area contributed by atoms with Gasteiger partial charge in [0, 0.05) is 18.3 Å². The number of ether oxygens (including phenoxy) is 1. The molecule has 1 amide bonds. The minimum absolute atomic E-state index is 0.565. The Labute approximate surface area is 76.3 Å². The number of hydrogen-bond acceptors (Lipinski definition) is 3. The largest absolute Gasteiger partial charge is 0.443 e. The van der Waals surface area contributed by atoms with E-state index < -0.39 is 11.7 Å². The molecule has 0 saturated heterocycles. The second-order valence-corrected chi connectivity index (χ2v) is 3.44. The standard InChI is InChI=1S/C8H13N3O2/c1-8(2,13-7(9)12)5-6-3-4-10-11-6/h3-4H,5H2,1-2H3,(H2,9,12)(H,10,11). The Morgan fingerprint density at radius 2 is 2.46 bits per heavy atom. The lowest BCUT2D eigenvalue weighted by atomic mass is 10.0. The van der Waals surface area contributed by atoms with Crippen LogP contribution in [0.2, 0.25) is 0 Å². The maximum Gasteiger partial charge on any atom is 0.405 e. The number of H-pyrrole nitrogens is 1. The number of nitrogens with zero attached hydrogens (tertiary/aromatic N) is 1. The zero-order chi connectivity index (χ0) is 9.90. The minimum atomic E-state index is -0.760. The van der Waals surface area contributed by atoms with E-state index in [1.54, 1.807) is 20.0 Å². The van der Waals surface area contributed by atoms with Crippen LogP contribution in [0, 0.1) is 0 Å². The third kappa shape index (κ3) is 3.14. The Bertz CT molecular complexity index is 280. The molecule has 3 N–H and O–H groups in total. The Morgan fingerprint density at radius 1 is 1.77 bits per heavy atom. The van der Waals surface area contributed by atoms with Crippen molar-refractivity contribution in [1.29, 1.82) is 0 Å². The van der Waals surface area contributed by atoms with Crippen molar-refractivity contribution in [3.63, 3.8) is 0 Å². The highest BCUT2D eigenvalue weighted by Gasteiger charge is 2.22. The fourth-order valence-electron chi connectivity index (χ4n) is 1.15. The van der Waals surface area contributed by atoms with E-state index in [0.29, 0.717) is 6.42 Å². The van der Waals surface area contributed by atoms with Crippen LogP contribution in [0.1, 0.15) is 19.5 Å². The lowest BCUT2D eigenvalue weighted by Gasteiger charge is -2.22. The van der Waals surface area contributed by atoms with E-state index in [1.807, 2.05) is 6.07 Å². The maximum absolute atomic E-state index is 10.5. The quantitative estimate of drug-likeness (QED) is 0.728. The molecule has 13 heavy (non-hydrogen) atoms. The SMILES string of the molecule is CC(C)(Cc1ccn[nH]1)OC(N)=O. The van der Waals surface area contributed by atoms with E-state index >= 15 is 0 Å². The molecule has 5 nitrogen and oxygen atoms in total. The Kier molecular flexibility index (Phi) is 2.55. The van der Waals surface area contributed by atoms with Crippen molar-refractivity contribution in [3.8, 4) is 0 Å². The number of carbonyl (C=O) groups excluding carboxylic acids is 1. The third-order valence-electron chi connectivity index (χ3n) is 1.55. The van der Waals surface area contributed by atoms with E-state index in [2.05, 4.69) is 10.2 Å². The molecule has 0 unspecified atom stereocenters. The summed E-state index contributed by atoms with van der Waals surface area (Å²) in [6.45, 7) is 3.58. The van der Waals surface area contributed by atoms with Crippen LogP contribution in [-0.4, -0.2) is 21.9 Å². The smallest absolute Gasteiger partial charge is 0.405 e. The molecule has 0 bridgehead atoms. The van der Waals surface area contributed by atoms with Gasteiger partial charge in [-0.1, -0.05) is 0 Å². The second kappa shape index (κ2) is 3.47. The molecule has 1 rings (SSSR count). The molecule has 0 radical (unpaired) electrons. The van der Waals surface area contributed by atoms with Crippen LogP contribution in [-0.2, 0) is 11.2 Å². The average Bonchev–Trinajstić information content (AvgIpc) is 2.34. The van der Waals surface area contributed by atoms with E-state index in [1.165, 1.54) is 0 Å². The van der Waals surface area contributed by atoms with Gasteiger partial charge in [-0.3, -0.25) is 5.10 Å². The summed E-state index contributed by atoms with van der Waals surface area (Å²) in [4.78, 5) is 10.5. The fourth-order valence-corrected chi connectivity index (χ4v) is 1.15. The van der Waals surface area contributed by atoms with Gasteiger partial charge in [-0.15, -0.1) is 0 Å². The summed E-state index contributed by atoms with van der Waals surface area (Å²) < 4.78 is 4.90. The highest BCUT2D eigenvalue weighted by Crippen LogP contribution is 2.14. The number of amides is 1. The summed E-state index contributed by atoms with van der Waals surface area (Å²) in [6.07, 6.45) is 1.45.